The van der Waals surface area contributed by atoms with E-state index in [1.807, 2.05) is 32.0 Å². The molecule has 0 aliphatic heterocycles. The minimum atomic E-state index is -0.214. The van der Waals surface area contributed by atoms with Crippen molar-refractivity contribution >= 4 is 5.95 Å². The fourth-order valence-corrected chi connectivity index (χ4v) is 2.21. The van der Waals surface area contributed by atoms with Crippen molar-refractivity contribution in [2.24, 2.45) is 0 Å². The number of rotatable bonds is 5. The highest BCUT2D eigenvalue weighted by Gasteiger charge is 2.14. The van der Waals surface area contributed by atoms with Crippen LogP contribution < -0.4 is 5.32 Å². The van der Waals surface area contributed by atoms with Crippen LogP contribution in [0.1, 0.15) is 44.4 Å². The first-order valence-electron chi connectivity index (χ1n) is 6.95. The fraction of sp³-hybridized carbons (Fsp3) is 0.375. The average Bonchev–Trinajstić information content (AvgIpc) is 2.41. The molecule has 1 aromatic carbocycles. The van der Waals surface area contributed by atoms with Crippen LogP contribution in [0.5, 0.6) is 0 Å². The lowest BCUT2D eigenvalue weighted by atomic mass is 9.93. The molecule has 0 saturated heterocycles. The summed E-state index contributed by atoms with van der Waals surface area (Å²) in [6.07, 6.45) is 2.67. The molecule has 0 amide bonds. The van der Waals surface area contributed by atoms with Gasteiger partial charge in [0, 0.05) is 18.2 Å². The van der Waals surface area contributed by atoms with Crippen LogP contribution in [0.3, 0.4) is 0 Å². The Morgan fingerprint density at radius 1 is 1.15 bits per heavy atom. The van der Waals surface area contributed by atoms with Crippen molar-refractivity contribution in [3.63, 3.8) is 0 Å². The molecule has 0 spiro atoms. The minimum Gasteiger partial charge on any atom is -0.352 e. The lowest BCUT2D eigenvalue weighted by Crippen LogP contribution is -2.14. The Kier molecular flexibility index (Phi) is 4.66. The summed E-state index contributed by atoms with van der Waals surface area (Å²) in [6, 6.07) is 8.83. The Bertz CT molecular complexity index is 552. The zero-order chi connectivity index (χ0) is 14.5. The standard InChI is InChI=1S/C16H20FN3/c1-4-14(12-5-7-13(17)8-6-12)15-9-10-18-16(20-15)19-11(2)3/h5-11,14H,4H2,1-3H3,(H,18,19,20). The summed E-state index contributed by atoms with van der Waals surface area (Å²) in [5, 5.41) is 3.20. The van der Waals surface area contributed by atoms with Gasteiger partial charge in [0.1, 0.15) is 5.82 Å². The Morgan fingerprint density at radius 2 is 1.85 bits per heavy atom. The predicted octanol–water partition coefficient (Wildman–Crippen LogP) is 3.98. The summed E-state index contributed by atoms with van der Waals surface area (Å²) in [7, 11) is 0. The molecule has 0 fully saturated rings. The molecule has 1 heterocycles. The smallest absolute Gasteiger partial charge is 0.223 e. The van der Waals surface area contributed by atoms with E-state index in [0.717, 1.165) is 17.7 Å². The molecule has 1 N–H and O–H groups in total. The molecule has 3 nitrogen and oxygen atoms in total. The second kappa shape index (κ2) is 6.46. The third kappa shape index (κ3) is 3.53. The van der Waals surface area contributed by atoms with Gasteiger partial charge in [-0.1, -0.05) is 19.1 Å². The number of nitrogens with one attached hydrogen (secondary N) is 1. The van der Waals surface area contributed by atoms with E-state index < -0.39 is 0 Å². The van der Waals surface area contributed by atoms with Gasteiger partial charge in [-0.2, -0.15) is 0 Å². The third-order valence-electron chi connectivity index (χ3n) is 3.13. The summed E-state index contributed by atoms with van der Waals surface area (Å²) in [5.74, 6) is 0.581. The lowest BCUT2D eigenvalue weighted by molar-refractivity contribution is 0.625. The average molecular weight is 273 g/mol. The van der Waals surface area contributed by atoms with E-state index in [2.05, 4.69) is 22.2 Å². The molecule has 20 heavy (non-hydrogen) atoms. The molecular formula is C16H20FN3. The Labute approximate surface area is 119 Å². The maximum atomic E-state index is 13.0. The second-order valence-electron chi connectivity index (χ2n) is 5.12. The number of hydrogen-bond donors (Lipinski definition) is 1. The first-order valence-corrected chi connectivity index (χ1v) is 6.95. The Balaban J connectivity index is 2.29. The molecule has 1 atom stereocenters. The van der Waals surface area contributed by atoms with Crippen molar-refractivity contribution in [1.29, 1.82) is 0 Å². The van der Waals surface area contributed by atoms with Gasteiger partial charge in [0.2, 0.25) is 5.95 Å². The van der Waals surface area contributed by atoms with Crippen molar-refractivity contribution in [3.8, 4) is 0 Å². The van der Waals surface area contributed by atoms with Gasteiger partial charge in [-0.25, -0.2) is 14.4 Å². The molecule has 1 aromatic heterocycles. The summed E-state index contributed by atoms with van der Waals surface area (Å²) in [4.78, 5) is 8.79. The molecule has 106 valence electrons. The minimum absolute atomic E-state index is 0.159. The normalized spacial score (nSPS) is 12.4. The van der Waals surface area contributed by atoms with E-state index in [1.165, 1.54) is 12.1 Å². The van der Waals surface area contributed by atoms with Gasteiger partial charge in [0.25, 0.3) is 0 Å². The molecule has 0 radical (unpaired) electrons. The number of anilines is 1. The maximum Gasteiger partial charge on any atom is 0.223 e. The lowest BCUT2D eigenvalue weighted by Gasteiger charge is -2.16. The molecular weight excluding hydrogens is 253 g/mol. The van der Waals surface area contributed by atoms with Gasteiger partial charge in [-0.15, -0.1) is 0 Å². The van der Waals surface area contributed by atoms with Crippen LogP contribution in [0.4, 0.5) is 10.3 Å². The van der Waals surface area contributed by atoms with Crippen molar-refractivity contribution < 1.29 is 4.39 Å². The van der Waals surface area contributed by atoms with Crippen LogP contribution in [-0.2, 0) is 0 Å². The van der Waals surface area contributed by atoms with E-state index >= 15 is 0 Å². The summed E-state index contributed by atoms with van der Waals surface area (Å²) >= 11 is 0. The van der Waals surface area contributed by atoms with E-state index in [0.29, 0.717) is 5.95 Å². The van der Waals surface area contributed by atoms with Crippen LogP contribution in [0.25, 0.3) is 0 Å². The first kappa shape index (κ1) is 14.4. The molecule has 0 bridgehead atoms. The van der Waals surface area contributed by atoms with Crippen molar-refractivity contribution in [2.75, 3.05) is 5.32 Å². The van der Waals surface area contributed by atoms with Gasteiger partial charge >= 0.3 is 0 Å². The zero-order valence-electron chi connectivity index (χ0n) is 12.1. The van der Waals surface area contributed by atoms with Crippen LogP contribution in [0, 0.1) is 5.82 Å². The Morgan fingerprint density at radius 3 is 2.45 bits per heavy atom. The maximum absolute atomic E-state index is 13.0. The molecule has 0 aliphatic carbocycles. The van der Waals surface area contributed by atoms with Crippen LogP contribution in [0.2, 0.25) is 0 Å². The van der Waals surface area contributed by atoms with Crippen molar-refractivity contribution in [3.05, 3.63) is 53.6 Å². The largest absolute Gasteiger partial charge is 0.352 e. The van der Waals surface area contributed by atoms with Gasteiger partial charge in [0.15, 0.2) is 0 Å². The molecule has 1 unspecified atom stereocenters. The number of aromatic nitrogens is 2. The number of benzene rings is 1. The monoisotopic (exact) mass is 273 g/mol. The van der Waals surface area contributed by atoms with Crippen LogP contribution >= 0.6 is 0 Å². The van der Waals surface area contributed by atoms with Gasteiger partial charge in [-0.05, 0) is 44.0 Å². The summed E-state index contributed by atoms with van der Waals surface area (Å²) in [6.45, 7) is 6.20. The molecule has 2 aromatic rings. The van der Waals surface area contributed by atoms with Crippen molar-refractivity contribution in [2.45, 2.75) is 39.2 Å². The van der Waals surface area contributed by atoms with E-state index in [1.54, 1.807) is 6.20 Å². The number of nitrogens with zero attached hydrogens (tertiary/aromatic N) is 2. The van der Waals surface area contributed by atoms with Gasteiger partial charge < -0.3 is 5.32 Å². The topological polar surface area (TPSA) is 37.8 Å². The number of halogens is 1. The highest BCUT2D eigenvalue weighted by Crippen LogP contribution is 2.26. The SMILES string of the molecule is CCC(c1ccc(F)cc1)c1ccnc(NC(C)C)n1. The zero-order valence-corrected chi connectivity index (χ0v) is 12.1. The molecule has 4 heteroatoms. The third-order valence-corrected chi connectivity index (χ3v) is 3.13. The van der Waals surface area contributed by atoms with Crippen molar-refractivity contribution in [1.82, 2.24) is 9.97 Å². The van der Waals surface area contributed by atoms with Gasteiger partial charge in [0.05, 0.1) is 5.69 Å². The molecule has 2 rings (SSSR count). The van der Waals surface area contributed by atoms with E-state index in [9.17, 15) is 4.39 Å². The molecule has 0 saturated carbocycles. The van der Waals surface area contributed by atoms with Crippen LogP contribution in [0.15, 0.2) is 36.5 Å². The summed E-state index contributed by atoms with van der Waals surface area (Å²) < 4.78 is 13.0. The van der Waals surface area contributed by atoms with E-state index in [4.69, 9.17) is 0 Å². The first-order chi connectivity index (χ1) is 9.60. The quantitative estimate of drug-likeness (QED) is 0.895. The van der Waals surface area contributed by atoms with Crippen LogP contribution in [-0.4, -0.2) is 16.0 Å². The highest BCUT2D eigenvalue weighted by molar-refractivity contribution is 5.33. The molecule has 0 aliphatic rings. The second-order valence-corrected chi connectivity index (χ2v) is 5.12. The predicted molar refractivity (Wildman–Crippen MR) is 79.3 cm³/mol. The fourth-order valence-electron chi connectivity index (χ4n) is 2.21. The number of hydrogen-bond acceptors (Lipinski definition) is 3. The Hall–Kier alpha value is -1.97. The summed E-state index contributed by atoms with van der Waals surface area (Å²) in [5.41, 5.74) is 2.03. The highest BCUT2D eigenvalue weighted by atomic mass is 19.1. The van der Waals surface area contributed by atoms with Gasteiger partial charge in [-0.3, -0.25) is 0 Å². The van der Waals surface area contributed by atoms with E-state index in [-0.39, 0.29) is 17.8 Å².